The van der Waals surface area contributed by atoms with E-state index in [1.165, 1.54) is 6.42 Å². The minimum atomic E-state index is -0.657. The molecule has 0 bridgehead atoms. The Balaban J connectivity index is 0.00000242. The molecule has 0 aromatic carbocycles. The van der Waals surface area contributed by atoms with Crippen LogP contribution in [0.2, 0.25) is 0 Å². The number of halogens is 1. The van der Waals surface area contributed by atoms with E-state index in [9.17, 15) is 9.59 Å². The Morgan fingerprint density at radius 1 is 0.909 bits per heavy atom. The molecular formula is C16H30ClN3O2. The molecule has 1 saturated carbocycles. The summed E-state index contributed by atoms with van der Waals surface area (Å²) in [6, 6.07) is 0. The van der Waals surface area contributed by atoms with Crippen molar-refractivity contribution >= 4 is 24.2 Å². The number of amides is 2. The van der Waals surface area contributed by atoms with Gasteiger partial charge < -0.3 is 15.5 Å². The van der Waals surface area contributed by atoms with Gasteiger partial charge in [-0.05, 0) is 19.3 Å². The normalized spacial score (nSPS) is 22.0. The molecule has 2 aliphatic rings. The first-order valence-corrected chi connectivity index (χ1v) is 8.31. The molecule has 6 heteroatoms. The molecule has 0 aromatic heterocycles. The maximum Gasteiger partial charge on any atom is 0.242 e. The number of carbonyl (C=O) groups excluding carboxylic acids is 2. The van der Waals surface area contributed by atoms with Gasteiger partial charge in [-0.25, -0.2) is 0 Å². The molecule has 2 amide bonds. The van der Waals surface area contributed by atoms with E-state index < -0.39 is 5.54 Å². The average Bonchev–Trinajstić information content (AvgIpc) is 2.72. The van der Waals surface area contributed by atoms with Crippen molar-refractivity contribution in [3.8, 4) is 0 Å². The van der Waals surface area contributed by atoms with Crippen molar-refractivity contribution in [2.45, 2.75) is 57.9 Å². The maximum atomic E-state index is 12.7. The molecule has 1 saturated heterocycles. The Bertz CT molecular complexity index is 395. The predicted octanol–water partition coefficient (Wildman–Crippen LogP) is 1.79. The number of nitrogens with zero attached hydrogens (tertiary/aromatic N) is 2. The van der Waals surface area contributed by atoms with Crippen LogP contribution in [-0.4, -0.2) is 53.3 Å². The van der Waals surface area contributed by atoms with Gasteiger partial charge in [0.2, 0.25) is 11.8 Å². The lowest BCUT2D eigenvalue weighted by atomic mass is 9.81. The standard InChI is InChI=1S/C16H29N3O2.ClH/c1-13(2)14(20)18-9-6-10-19(12-11-18)15(21)16(17)7-4-3-5-8-16;/h13H,3-12,17H2,1-2H3;1H. The van der Waals surface area contributed by atoms with Gasteiger partial charge >= 0.3 is 0 Å². The highest BCUT2D eigenvalue weighted by Gasteiger charge is 2.38. The van der Waals surface area contributed by atoms with Crippen molar-refractivity contribution in [1.29, 1.82) is 0 Å². The fourth-order valence-electron chi connectivity index (χ4n) is 3.42. The van der Waals surface area contributed by atoms with E-state index in [-0.39, 0.29) is 30.1 Å². The average molecular weight is 332 g/mol. The highest BCUT2D eigenvalue weighted by Crippen LogP contribution is 2.28. The summed E-state index contributed by atoms with van der Waals surface area (Å²) in [4.78, 5) is 28.6. The molecule has 22 heavy (non-hydrogen) atoms. The maximum absolute atomic E-state index is 12.7. The topological polar surface area (TPSA) is 66.6 Å². The summed E-state index contributed by atoms with van der Waals surface area (Å²) in [6.07, 6.45) is 5.74. The van der Waals surface area contributed by atoms with Crippen LogP contribution < -0.4 is 5.73 Å². The lowest BCUT2D eigenvalue weighted by molar-refractivity contribution is -0.139. The van der Waals surface area contributed by atoms with E-state index in [0.29, 0.717) is 13.1 Å². The second-order valence-electron chi connectivity index (χ2n) is 6.84. The summed E-state index contributed by atoms with van der Waals surface area (Å²) in [5.74, 6) is 0.303. The highest BCUT2D eigenvalue weighted by molar-refractivity contribution is 5.86. The zero-order valence-electron chi connectivity index (χ0n) is 13.8. The number of rotatable bonds is 2. The van der Waals surface area contributed by atoms with Gasteiger partial charge in [0.1, 0.15) is 0 Å². The lowest BCUT2D eigenvalue weighted by Crippen LogP contribution is -2.57. The van der Waals surface area contributed by atoms with E-state index in [1.54, 1.807) is 0 Å². The highest BCUT2D eigenvalue weighted by atomic mass is 35.5. The van der Waals surface area contributed by atoms with Crippen molar-refractivity contribution < 1.29 is 9.59 Å². The Labute approximate surface area is 140 Å². The van der Waals surface area contributed by atoms with Crippen LogP contribution in [0.15, 0.2) is 0 Å². The Hall–Kier alpha value is -0.810. The van der Waals surface area contributed by atoms with Crippen LogP contribution in [-0.2, 0) is 9.59 Å². The molecule has 0 atom stereocenters. The molecule has 1 heterocycles. The largest absolute Gasteiger partial charge is 0.341 e. The van der Waals surface area contributed by atoms with Gasteiger partial charge in [-0.1, -0.05) is 33.1 Å². The van der Waals surface area contributed by atoms with E-state index in [0.717, 1.165) is 45.2 Å². The predicted molar refractivity (Wildman–Crippen MR) is 89.9 cm³/mol. The second-order valence-corrected chi connectivity index (χ2v) is 6.84. The first kappa shape index (κ1) is 19.2. The fourth-order valence-corrected chi connectivity index (χ4v) is 3.42. The summed E-state index contributed by atoms with van der Waals surface area (Å²) < 4.78 is 0. The molecule has 5 nitrogen and oxygen atoms in total. The molecule has 1 aliphatic heterocycles. The molecule has 128 valence electrons. The minimum absolute atomic E-state index is 0. The van der Waals surface area contributed by atoms with Crippen molar-refractivity contribution in [2.75, 3.05) is 26.2 Å². The van der Waals surface area contributed by atoms with Gasteiger partial charge in [0.15, 0.2) is 0 Å². The van der Waals surface area contributed by atoms with Crippen molar-refractivity contribution in [3.05, 3.63) is 0 Å². The van der Waals surface area contributed by atoms with Crippen LogP contribution >= 0.6 is 12.4 Å². The second kappa shape index (κ2) is 8.16. The van der Waals surface area contributed by atoms with E-state index >= 15 is 0 Å². The zero-order valence-corrected chi connectivity index (χ0v) is 14.7. The monoisotopic (exact) mass is 331 g/mol. The van der Waals surface area contributed by atoms with E-state index in [4.69, 9.17) is 5.73 Å². The third kappa shape index (κ3) is 4.35. The van der Waals surface area contributed by atoms with E-state index in [2.05, 4.69) is 0 Å². The third-order valence-electron chi connectivity index (χ3n) is 4.76. The van der Waals surface area contributed by atoms with Gasteiger partial charge in [0.25, 0.3) is 0 Å². The fraction of sp³-hybridized carbons (Fsp3) is 0.875. The number of hydrogen-bond acceptors (Lipinski definition) is 3. The summed E-state index contributed by atoms with van der Waals surface area (Å²) in [6.45, 7) is 6.58. The van der Waals surface area contributed by atoms with Gasteiger partial charge in [-0.15, -0.1) is 12.4 Å². The summed E-state index contributed by atoms with van der Waals surface area (Å²) >= 11 is 0. The van der Waals surface area contributed by atoms with Crippen molar-refractivity contribution in [1.82, 2.24) is 9.80 Å². The molecule has 2 fully saturated rings. The van der Waals surface area contributed by atoms with Crippen LogP contribution in [0.4, 0.5) is 0 Å². The third-order valence-corrected chi connectivity index (χ3v) is 4.76. The van der Waals surface area contributed by atoms with Crippen molar-refractivity contribution in [3.63, 3.8) is 0 Å². The summed E-state index contributed by atoms with van der Waals surface area (Å²) in [5.41, 5.74) is 5.70. The summed E-state index contributed by atoms with van der Waals surface area (Å²) in [5, 5.41) is 0. The van der Waals surface area contributed by atoms with Crippen LogP contribution in [0, 0.1) is 5.92 Å². The first-order valence-electron chi connectivity index (χ1n) is 8.31. The molecule has 0 unspecified atom stereocenters. The molecule has 0 aromatic rings. The van der Waals surface area contributed by atoms with Gasteiger partial charge in [0.05, 0.1) is 5.54 Å². The Kier molecular flexibility index (Phi) is 7.13. The van der Waals surface area contributed by atoms with Crippen LogP contribution in [0.1, 0.15) is 52.4 Å². The molecule has 0 spiro atoms. The van der Waals surface area contributed by atoms with E-state index in [1.807, 2.05) is 23.6 Å². The van der Waals surface area contributed by atoms with Gasteiger partial charge in [0, 0.05) is 32.1 Å². The van der Waals surface area contributed by atoms with Crippen LogP contribution in [0.5, 0.6) is 0 Å². The molecule has 1 aliphatic carbocycles. The number of nitrogens with two attached hydrogens (primary N) is 1. The molecule has 0 radical (unpaired) electrons. The number of carbonyl (C=O) groups is 2. The number of hydrogen-bond donors (Lipinski definition) is 1. The van der Waals surface area contributed by atoms with Gasteiger partial charge in [-0.2, -0.15) is 0 Å². The summed E-state index contributed by atoms with van der Waals surface area (Å²) in [7, 11) is 0. The minimum Gasteiger partial charge on any atom is -0.341 e. The van der Waals surface area contributed by atoms with Crippen LogP contribution in [0.25, 0.3) is 0 Å². The van der Waals surface area contributed by atoms with Crippen molar-refractivity contribution in [2.24, 2.45) is 11.7 Å². The zero-order chi connectivity index (χ0) is 15.5. The SMILES string of the molecule is CC(C)C(=O)N1CCCN(C(=O)C2(N)CCCCC2)CC1.Cl. The Morgan fingerprint density at radius 2 is 1.45 bits per heavy atom. The van der Waals surface area contributed by atoms with Gasteiger partial charge in [-0.3, -0.25) is 9.59 Å². The molecular weight excluding hydrogens is 302 g/mol. The first-order chi connectivity index (χ1) is 9.94. The molecule has 2 N–H and O–H groups in total. The van der Waals surface area contributed by atoms with Crippen LogP contribution in [0.3, 0.4) is 0 Å². The lowest BCUT2D eigenvalue weighted by Gasteiger charge is -2.36. The molecule has 2 rings (SSSR count). The smallest absolute Gasteiger partial charge is 0.242 e. The quantitative estimate of drug-likeness (QED) is 0.838. The Morgan fingerprint density at radius 3 is 2.05 bits per heavy atom.